The van der Waals surface area contributed by atoms with Crippen molar-refractivity contribution in [1.82, 2.24) is 0 Å². The van der Waals surface area contributed by atoms with E-state index in [0.29, 0.717) is 11.5 Å². The average molecular weight is 1060 g/mol. The van der Waals surface area contributed by atoms with Crippen LogP contribution < -0.4 is 21.2 Å². The minimum Gasteiger partial charge on any atom is -0.507 e. The first-order chi connectivity index (χ1) is 31.8. The summed E-state index contributed by atoms with van der Waals surface area (Å²) < 4.78 is 120. The van der Waals surface area contributed by atoms with Gasteiger partial charge in [-0.05, 0) is 48.7 Å². The fourth-order valence-electron chi connectivity index (χ4n) is 5.55. The van der Waals surface area contributed by atoms with E-state index in [1.165, 1.54) is 21.2 Å². The number of hydrogen-bond acceptors (Lipinski definition) is 2. The Labute approximate surface area is 408 Å². The zero-order chi connectivity index (χ0) is 47.6. The topological polar surface area (TPSA) is 40.5 Å². The number of benzene rings is 8. The third-order valence-electron chi connectivity index (χ3n) is 8.76. The first-order valence-corrected chi connectivity index (χ1v) is 22.1. The SMILES string of the molecule is Fc1[c-]c(F)c(F)c(F)c1F.Fc1[c-]c(F)c(F)c(F)c1F.O/C(=C\P(c1ccccc1)c1ccccc1)c1ccccc1.O/C(=C\P(c1ccccc1)c1ccccc1)c1ccccc1.[Ni].[Ni]. The second-order valence-electron chi connectivity index (χ2n) is 13.2. The van der Waals surface area contributed by atoms with Crippen molar-refractivity contribution in [3.8, 4) is 0 Å². The average Bonchev–Trinajstić information content (AvgIpc) is 3.36. The third-order valence-corrected chi connectivity index (χ3v) is 13.2. The molecule has 0 heterocycles. The van der Waals surface area contributed by atoms with Crippen molar-refractivity contribution in [1.29, 1.82) is 0 Å². The summed E-state index contributed by atoms with van der Waals surface area (Å²) in [5.41, 5.74) is 1.70. The molecule has 0 aliphatic heterocycles. The summed E-state index contributed by atoms with van der Waals surface area (Å²) in [6, 6.07) is 62.8. The molecule has 0 amide bonds. The molecular formula is C52H34F10Ni2O2P2-2. The van der Waals surface area contributed by atoms with E-state index in [1.807, 2.05) is 145 Å². The predicted molar refractivity (Wildman–Crippen MR) is 242 cm³/mol. The fourth-order valence-corrected chi connectivity index (χ4v) is 9.51. The maximum absolute atomic E-state index is 12.0. The van der Waals surface area contributed by atoms with Crippen LogP contribution in [-0.4, -0.2) is 10.2 Å². The largest absolute Gasteiger partial charge is 0.507 e. The van der Waals surface area contributed by atoms with Gasteiger partial charge in [-0.3, -0.25) is 17.6 Å². The Kier molecular flexibility index (Phi) is 23.5. The normalized spacial score (nSPS) is 10.8. The molecule has 0 aromatic heterocycles. The molecule has 8 aromatic carbocycles. The zero-order valence-corrected chi connectivity index (χ0v) is 38.4. The van der Waals surface area contributed by atoms with Crippen molar-refractivity contribution in [2.45, 2.75) is 0 Å². The van der Waals surface area contributed by atoms with Crippen LogP contribution in [0.1, 0.15) is 11.1 Å². The Morgan fingerprint density at radius 2 is 0.500 bits per heavy atom. The predicted octanol–water partition coefficient (Wildman–Crippen LogP) is 13.7. The Bertz CT molecular complexity index is 2510. The van der Waals surface area contributed by atoms with Gasteiger partial charge in [-0.1, -0.05) is 182 Å². The van der Waals surface area contributed by atoms with Gasteiger partial charge in [-0.25, -0.2) is 26.3 Å². The van der Waals surface area contributed by atoms with Gasteiger partial charge in [0.2, 0.25) is 0 Å². The van der Waals surface area contributed by atoms with Crippen molar-refractivity contribution in [3.63, 3.8) is 0 Å². The summed E-state index contributed by atoms with van der Waals surface area (Å²) in [6.45, 7) is 0. The van der Waals surface area contributed by atoms with Gasteiger partial charge in [0.05, 0.1) is 58.2 Å². The molecule has 2 N–H and O–H groups in total. The molecule has 68 heavy (non-hydrogen) atoms. The van der Waals surface area contributed by atoms with Gasteiger partial charge in [0.15, 0.2) is 0 Å². The van der Waals surface area contributed by atoms with Crippen molar-refractivity contribution in [3.05, 3.63) is 275 Å². The van der Waals surface area contributed by atoms with E-state index < -0.39 is 74.0 Å². The summed E-state index contributed by atoms with van der Waals surface area (Å²) in [5.74, 6) is -15.5. The first kappa shape index (κ1) is 56.3. The van der Waals surface area contributed by atoms with Crippen molar-refractivity contribution >= 4 is 48.6 Å². The van der Waals surface area contributed by atoms with Gasteiger partial charge in [0, 0.05) is 44.1 Å². The molecular weight excluding hydrogens is 1030 g/mol. The quantitative estimate of drug-likeness (QED) is 0.0303. The van der Waals surface area contributed by atoms with Crippen LogP contribution in [0.15, 0.2) is 194 Å². The number of aliphatic hydroxyl groups excluding tert-OH is 2. The van der Waals surface area contributed by atoms with Gasteiger partial charge >= 0.3 is 0 Å². The van der Waals surface area contributed by atoms with E-state index in [2.05, 4.69) is 48.5 Å². The summed E-state index contributed by atoms with van der Waals surface area (Å²) in [7, 11) is -1.45. The Balaban J connectivity index is 0.000000250. The molecule has 0 saturated heterocycles. The maximum atomic E-state index is 12.0. The van der Waals surface area contributed by atoms with Crippen LogP contribution in [0.4, 0.5) is 43.9 Å². The molecule has 2 nitrogen and oxygen atoms in total. The molecule has 0 atom stereocenters. The van der Waals surface area contributed by atoms with E-state index in [4.69, 9.17) is 0 Å². The minimum absolute atomic E-state index is 0. The van der Waals surface area contributed by atoms with Crippen LogP contribution in [0.3, 0.4) is 0 Å². The van der Waals surface area contributed by atoms with Crippen LogP contribution >= 0.6 is 15.8 Å². The number of rotatable bonds is 8. The third kappa shape index (κ3) is 16.1. The van der Waals surface area contributed by atoms with E-state index >= 15 is 0 Å². The van der Waals surface area contributed by atoms with Gasteiger partial charge in [0.1, 0.15) is 11.5 Å². The second kappa shape index (κ2) is 28.3. The summed E-state index contributed by atoms with van der Waals surface area (Å²) in [4.78, 5) is 0. The van der Waals surface area contributed by atoms with Crippen LogP contribution in [0, 0.1) is 70.3 Å². The zero-order valence-electron chi connectivity index (χ0n) is 34.7. The van der Waals surface area contributed by atoms with E-state index in [-0.39, 0.29) is 33.0 Å². The molecule has 356 valence electrons. The standard InChI is InChI=1S/2C20H17OP.2C6F5.2Ni/c2*21-20(17-10-4-1-5-11-17)16-22(18-12-6-2-7-13-18)19-14-8-3-9-15-19;2*7-2-1-3(8)5(10)6(11)4(2)9;;/h2*1-16,21H;;;;/q;;2*-1;;/b2*20-16-;;;;. The molecule has 0 radical (unpaired) electrons. The van der Waals surface area contributed by atoms with Crippen LogP contribution in [-0.2, 0) is 33.0 Å². The molecule has 0 bridgehead atoms. The molecule has 8 rings (SSSR count). The van der Waals surface area contributed by atoms with E-state index in [0.717, 1.165) is 23.3 Å². The molecule has 0 fully saturated rings. The van der Waals surface area contributed by atoms with Crippen molar-refractivity contribution in [2.75, 3.05) is 0 Å². The molecule has 0 aliphatic carbocycles. The van der Waals surface area contributed by atoms with Crippen LogP contribution in [0.5, 0.6) is 0 Å². The van der Waals surface area contributed by atoms with Crippen LogP contribution in [0.25, 0.3) is 11.5 Å². The fraction of sp³-hybridized carbons (Fsp3) is 0. The summed E-state index contributed by atoms with van der Waals surface area (Å²) in [6.07, 6.45) is 0. The van der Waals surface area contributed by atoms with Crippen LogP contribution in [0.2, 0.25) is 0 Å². The number of aliphatic hydroxyl groups is 2. The van der Waals surface area contributed by atoms with Gasteiger partial charge in [-0.15, -0.1) is 12.1 Å². The maximum Gasteiger partial charge on any atom is 0.123 e. The first-order valence-electron chi connectivity index (χ1n) is 19.3. The molecule has 0 aliphatic rings. The minimum atomic E-state index is -2.17. The van der Waals surface area contributed by atoms with Gasteiger partial charge < -0.3 is 10.2 Å². The molecule has 0 spiro atoms. The Hall–Kier alpha value is -6.01. The van der Waals surface area contributed by atoms with Gasteiger partial charge in [0.25, 0.3) is 0 Å². The Morgan fingerprint density at radius 3 is 0.706 bits per heavy atom. The molecule has 16 heteroatoms. The van der Waals surface area contributed by atoms with E-state index in [1.54, 1.807) is 0 Å². The van der Waals surface area contributed by atoms with E-state index in [9.17, 15) is 54.1 Å². The van der Waals surface area contributed by atoms with Gasteiger partial charge in [-0.2, -0.15) is 0 Å². The molecule has 0 saturated carbocycles. The summed E-state index contributed by atoms with van der Waals surface area (Å²) in [5, 5.41) is 25.9. The number of halogens is 10. The Morgan fingerprint density at radius 1 is 0.309 bits per heavy atom. The number of hydrogen-bond donors (Lipinski definition) is 2. The monoisotopic (exact) mass is 1060 g/mol. The molecule has 0 unspecified atom stereocenters. The van der Waals surface area contributed by atoms with Crippen molar-refractivity contribution in [2.24, 2.45) is 0 Å². The smallest absolute Gasteiger partial charge is 0.123 e. The summed E-state index contributed by atoms with van der Waals surface area (Å²) >= 11 is 0. The second-order valence-corrected chi connectivity index (χ2v) is 17.3. The molecule has 8 aromatic rings. The van der Waals surface area contributed by atoms with Crippen molar-refractivity contribution < 1.29 is 87.1 Å².